The normalized spacial score (nSPS) is 12.9. The SMILES string of the molecule is CCCN(C)Cc1cc(C)cc(C(=O)N[C@@H](Cc2cc(F)cc(F)c2)[C@@H](O)CNCc2cccc(I)c2)c1. The van der Waals surface area contributed by atoms with Gasteiger partial charge in [-0.15, -0.1) is 0 Å². The zero-order chi connectivity index (χ0) is 27.7. The highest BCUT2D eigenvalue weighted by Crippen LogP contribution is 2.15. The lowest BCUT2D eigenvalue weighted by Crippen LogP contribution is -2.48. The van der Waals surface area contributed by atoms with Crippen LogP contribution in [0.2, 0.25) is 0 Å². The van der Waals surface area contributed by atoms with Crippen molar-refractivity contribution >= 4 is 28.5 Å². The Morgan fingerprint density at radius 1 is 1.03 bits per heavy atom. The number of nitrogens with zero attached hydrogens (tertiary/aromatic N) is 1. The molecule has 0 aromatic heterocycles. The smallest absolute Gasteiger partial charge is 0.251 e. The fraction of sp³-hybridized carbons (Fsp3) is 0.367. The number of aryl methyl sites for hydroxylation is 1. The van der Waals surface area contributed by atoms with E-state index in [1.54, 1.807) is 6.07 Å². The molecule has 8 heteroatoms. The summed E-state index contributed by atoms with van der Waals surface area (Å²) < 4.78 is 28.9. The highest BCUT2D eigenvalue weighted by atomic mass is 127. The summed E-state index contributed by atoms with van der Waals surface area (Å²) in [5, 5.41) is 17.2. The summed E-state index contributed by atoms with van der Waals surface area (Å²) in [6, 6.07) is 16.2. The van der Waals surface area contributed by atoms with Crippen LogP contribution in [0, 0.1) is 22.1 Å². The third kappa shape index (κ3) is 9.72. The van der Waals surface area contributed by atoms with Crippen molar-refractivity contribution in [3.63, 3.8) is 0 Å². The molecule has 0 bridgehead atoms. The van der Waals surface area contributed by atoms with E-state index in [1.807, 2.05) is 44.3 Å². The maximum absolute atomic E-state index is 13.9. The van der Waals surface area contributed by atoms with Gasteiger partial charge in [0, 0.05) is 34.8 Å². The van der Waals surface area contributed by atoms with Gasteiger partial charge in [0.1, 0.15) is 11.6 Å². The molecule has 0 radical (unpaired) electrons. The van der Waals surface area contributed by atoms with Crippen LogP contribution < -0.4 is 10.6 Å². The zero-order valence-electron chi connectivity index (χ0n) is 22.1. The van der Waals surface area contributed by atoms with Crippen LogP contribution in [0.5, 0.6) is 0 Å². The second-order valence-corrected chi connectivity index (χ2v) is 11.1. The maximum atomic E-state index is 13.9. The summed E-state index contributed by atoms with van der Waals surface area (Å²) in [5.41, 5.74) is 3.89. The molecule has 0 aliphatic rings. The fourth-order valence-corrected chi connectivity index (χ4v) is 5.14. The van der Waals surface area contributed by atoms with E-state index in [0.29, 0.717) is 24.2 Å². The number of hydrogen-bond donors (Lipinski definition) is 3. The van der Waals surface area contributed by atoms with E-state index in [0.717, 1.165) is 39.3 Å². The number of rotatable bonds is 13. The lowest BCUT2D eigenvalue weighted by molar-refractivity contribution is 0.0829. The molecule has 3 rings (SSSR count). The maximum Gasteiger partial charge on any atom is 0.251 e. The van der Waals surface area contributed by atoms with Crippen LogP contribution in [-0.2, 0) is 19.5 Å². The van der Waals surface area contributed by atoms with Gasteiger partial charge in [-0.2, -0.15) is 0 Å². The number of nitrogens with one attached hydrogen (secondary N) is 2. The van der Waals surface area contributed by atoms with Crippen LogP contribution in [0.3, 0.4) is 0 Å². The molecule has 38 heavy (non-hydrogen) atoms. The number of halogens is 3. The van der Waals surface area contributed by atoms with Crippen molar-refractivity contribution < 1.29 is 18.7 Å². The molecule has 3 aromatic rings. The predicted octanol–water partition coefficient (Wildman–Crippen LogP) is 5.21. The number of carbonyl (C=O) groups excluding carboxylic acids is 1. The third-order valence-electron chi connectivity index (χ3n) is 6.19. The van der Waals surface area contributed by atoms with Gasteiger partial charge in [-0.25, -0.2) is 8.78 Å². The summed E-state index contributed by atoms with van der Waals surface area (Å²) >= 11 is 2.24. The first-order valence-electron chi connectivity index (χ1n) is 12.8. The Bertz CT molecular complexity index is 1200. The first-order chi connectivity index (χ1) is 18.1. The quantitative estimate of drug-likeness (QED) is 0.226. The monoisotopic (exact) mass is 635 g/mol. The van der Waals surface area contributed by atoms with E-state index in [4.69, 9.17) is 0 Å². The van der Waals surface area contributed by atoms with Crippen molar-refractivity contribution in [2.75, 3.05) is 20.1 Å². The van der Waals surface area contributed by atoms with Crippen molar-refractivity contribution in [1.29, 1.82) is 0 Å². The molecule has 0 unspecified atom stereocenters. The molecule has 1 amide bonds. The Labute approximate surface area is 237 Å². The zero-order valence-corrected chi connectivity index (χ0v) is 24.3. The van der Waals surface area contributed by atoms with E-state index in [2.05, 4.69) is 51.1 Å². The Hall–Kier alpha value is -2.40. The van der Waals surface area contributed by atoms with Crippen LogP contribution in [0.1, 0.15) is 46.0 Å². The summed E-state index contributed by atoms with van der Waals surface area (Å²) in [6.07, 6.45) is 0.116. The second kappa shape index (κ2) is 14.7. The molecule has 0 saturated heterocycles. The molecule has 3 aromatic carbocycles. The molecule has 2 atom stereocenters. The van der Waals surface area contributed by atoms with Gasteiger partial charge in [-0.05, 0) is 109 Å². The minimum absolute atomic E-state index is 0.0738. The summed E-state index contributed by atoms with van der Waals surface area (Å²) in [4.78, 5) is 15.5. The first kappa shape index (κ1) is 30.1. The Balaban J connectivity index is 1.76. The third-order valence-corrected chi connectivity index (χ3v) is 6.86. The van der Waals surface area contributed by atoms with E-state index in [-0.39, 0.29) is 18.9 Å². The van der Waals surface area contributed by atoms with Crippen LogP contribution in [-0.4, -0.2) is 48.2 Å². The number of hydrogen-bond acceptors (Lipinski definition) is 4. The average molecular weight is 636 g/mol. The van der Waals surface area contributed by atoms with Crippen LogP contribution >= 0.6 is 22.6 Å². The molecule has 5 nitrogen and oxygen atoms in total. The lowest BCUT2D eigenvalue weighted by Gasteiger charge is -2.25. The molecular weight excluding hydrogens is 599 g/mol. The van der Waals surface area contributed by atoms with Crippen LogP contribution in [0.15, 0.2) is 60.7 Å². The lowest BCUT2D eigenvalue weighted by atomic mass is 9.99. The van der Waals surface area contributed by atoms with Crippen LogP contribution in [0.4, 0.5) is 8.78 Å². The van der Waals surface area contributed by atoms with Gasteiger partial charge in [0.2, 0.25) is 0 Å². The van der Waals surface area contributed by atoms with Crippen LogP contribution in [0.25, 0.3) is 0 Å². The molecule has 0 saturated carbocycles. The molecule has 0 heterocycles. The molecule has 0 spiro atoms. The predicted molar refractivity (Wildman–Crippen MR) is 156 cm³/mol. The molecule has 0 fully saturated rings. The van der Waals surface area contributed by atoms with Crippen molar-refractivity contribution in [2.45, 2.75) is 51.9 Å². The molecular formula is C30H36F2IN3O2. The number of benzene rings is 3. The van der Waals surface area contributed by atoms with Gasteiger partial charge >= 0.3 is 0 Å². The van der Waals surface area contributed by atoms with Crippen molar-refractivity contribution in [3.05, 3.63) is 104 Å². The minimum atomic E-state index is -0.993. The van der Waals surface area contributed by atoms with Crippen molar-refractivity contribution in [2.24, 2.45) is 0 Å². The van der Waals surface area contributed by atoms with Gasteiger partial charge in [-0.1, -0.05) is 30.7 Å². The Morgan fingerprint density at radius 3 is 2.45 bits per heavy atom. The van der Waals surface area contributed by atoms with Crippen molar-refractivity contribution in [1.82, 2.24) is 15.5 Å². The Morgan fingerprint density at radius 2 is 1.76 bits per heavy atom. The topological polar surface area (TPSA) is 64.6 Å². The van der Waals surface area contributed by atoms with Gasteiger partial charge in [-0.3, -0.25) is 4.79 Å². The van der Waals surface area contributed by atoms with Gasteiger partial charge in [0.25, 0.3) is 5.91 Å². The summed E-state index contributed by atoms with van der Waals surface area (Å²) in [6.45, 7) is 6.45. The van der Waals surface area contributed by atoms with Gasteiger partial charge in [0.05, 0.1) is 12.1 Å². The molecule has 3 N–H and O–H groups in total. The van der Waals surface area contributed by atoms with Gasteiger partial charge < -0.3 is 20.6 Å². The number of aliphatic hydroxyl groups excluding tert-OH is 1. The standard InChI is InChI=1S/C30H36F2IN3O2/c1-4-8-36(3)19-23-9-20(2)10-24(11-23)30(38)35-28(15-22-12-25(31)16-26(32)13-22)29(37)18-34-17-21-6-5-7-27(33)14-21/h5-7,9-14,16,28-29,34,37H,4,8,15,17-19H2,1-3H3,(H,35,38)/t28-,29-/m0/s1. The fourth-order valence-electron chi connectivity index (χ4n) is 4.53. The highest BCUT2D eigenvalue weighted by molar-refractivity contribution is 14.1. The average Bonchev–Trinajstić information content (AvgIpc) is 2.82. The summed E-state index contributed by atoms with van der Waals surface area (Å²) in [5.74, 6) is -1.74. The Kier molecular flexibility index (Phi) is 11.6. The number of aliphatic hydroxyl groups is 1. The van der Waals surface area contributed by atoms with E-state index < -0.39 is 23.8 Å². The highest BCUT2D eigenvalue weighted by Gasteiger charge is 2.23. The number of carbonyl (C=O) groups is 1. The molecule has 0 aliphatic heterocycles. The first-order valence-corrected chi connectivity index (χ1v) is 13.9. The molecule has 204 valence electrons. The van der Waals surface area contributed by atoms with E-state index in [9.17, 15) is 18.7 Å². The minimum Gasteiger partial charge on any atom is -0.390 e. The largest absolute Gasteiger partial charge is 0.390 e. The summed E-state index contributed by atoms with van der Waals surface area (Å²) in [7, 11) is 2.04. The second-order valence-electron chi connectivity index (χ2n) is 9.84. The van der Waals surface area contributed by atoms with E-state index >= 15 is 0 Å². The van der Waals surface area contributed by atoms with E-state index in [1.165, 1.54) is 12.1 Å². The van der Waals surface area contributed by atoms with Crippen molar-refractivity contribution in [3.8, 4) is 0 Å². The molecule has 0 aliphatic carbocycles. The van der Waals surface area contributed by atoms with Gasteiger partial charge in [0.15, 0.2) is 0 Å². The number of amides is 1.